The van der Waals surface area contributed by atoms with Gasteiger partial charge in [0, 0.05) is 6.54 Å². The Balaban J connectivity index is 2.22. The van der Waals surface area contributed by atoms with Gasteiger partial charge in [0.2, 0.25) is 11.8 Å². The molecule has 2 unspecified atom stereocenters. The van der Waals surface area contributed by atoms with Gasteiger partial charge in [-0.15, -0.1) is 0 Å². The first-order valence-corrected chi connectivity index (χ1v) is 7.31. The molecule has 1 aliphatic carbocycles. The van der Waals surface area contributed by atoms with Gasteiger partial charge >= 0.3 is 5.69 Å². The average molecular weight is 295 g/mol. The summed E-state index contributed by atoms with van der Waals surface area (Å²) >= 11 is 0. The molecule has 0 spiro atoms. The molecule has 8 heteroatoms. The van der Waals surface area contributed by atoms with E-state index in [2.05, 4.69) is 20.6 Å². The molecule has 0 radical (unpaired) electrons. The molecule has 0 aromatic carbocycles. The minimum atomic E-state index is -0.513. The highest BCUT2D eigenvalue weighted by atomic mass is 16.6. The Kier molecular flexibility index (Phi) is 5.26. The fraction of sp³-hybridized carbons (Fsp3) is 0.692. The van der Waals surface area contributed by atoms with Gasteiger partial charge in [-0.1, -0.05) is 19.3 Å². The molecule has 0 aliphatic heterocycles. The van der Waals surface area contributed by atoms with Crippen LogP contribution in [0.5, 0.6) is 0 Å². The Morgan fingerprint density at radius 1 is 1.43 bits per heavy atom. The van der Waals surface area contributed by atoms with Crippen molar-refractivity contribution in [2.24, 2.45) is 0 Å². The molecule has 1 saturated carbocycles. The van der Waals surface area contributed by atoms with E-state index in [1.807, 2.05) is 6.92 Å². The minimum absolute atomic E-state index is 0.164. The number of anilines is 2. The molecule has 21 heavy (non-hydrogen) atoms. The molecule has 0 saturated heterocycles. The van der Waals surface area contributed by atoms with Crippen LogP contribution in [0.3, 0.4) is 0 Å². The maximum Gasteiger partial charge on any atom is 0.329 e. The second-order valence-corrected chi connectivity index (χ2v) is 5.17. The first-order valence-electron chi connectivity index (χ1n) is 7.31. The van der Waals surface area contributed by atoms with Crippen molar-refractivity contribution in [3.8, 4) is 0 Å². The van der Waals surface area contributed by atoms with E-state index in [9.17, 15) is 15.2 Å². The van der Waals surface area contributed by atoms with Crippen LogP contribution in [0.4, 0.5) is 17.5 Å². The summed E-state index contributed by atoms with van der Waals surface area (Å²) in [5, 5.41) is 27.2. The molecule has 0 amide bonds. The van der Waals surface area contributed by atoms with E-state index in [1.165, 1.54) is 6.20 Å². The summed E-state index contributed by atoms with van der Waals surface area (Å²) in [6, 6.07) is -0.212. The summed E-state index contributed by atoms with van der Waals surface area (Å²) in [7, 11) is 0. The van der Waals surface area contributed by atoms with Crippen LogP contribution in [0, 0.1) is 10.1 Å². The van der Waals surface area contributed by atoms with Crippen LogP contribution in [0.25, 0.3) is 0 Å². The molecule has 1 aromatic heterocycles. The van der Waals surface area contributed by atoms with Crippen molar-refractivity contribution in [1.29, 1.82) is 0 Å². The lowest BCUT2D eigenvalue weighted by Crippen LogP contribution is -2.33. The molecule has 2 rings (SSSR count). The number of aliphatic hydroxyl groups is 1. The summed E-state index contributed by atoms with van der Waals surface area (Å²) in [5.74, 6) is 0.505. The SMILES string of the molecule is CCNc1ncc([N+](=O)[O-])c(NC2CCCCCC2O)n1. The van der Waals surface area contributed by atoms with Gasteiger partial charge in [-0.3, -0.25) is 10.1 Å². The third kappa shape index (κ3) is 4.01. The van der Waals surface area contributed by atoms with Crippen LogP contribution in [0.2, 0.25) is 0 Å². The molecular formula is C13H21N5O3. The van der Waals surface area contributed by atoms with Crippen LogP contribution in [-0.2, 0) is 0 Å². The molecule has 3 N–H and O–H groups in total. The Morgan fingerprint density at radius 2 is 2.19 bits per heavy atom. The fourth-order valence-corrected chi connectivity index (χ4v) is 2.49. The fourth-order valence-electron chi connectivity index (χ4n) is 2.49. The second kappa shape index (κ2) is 7.16. The Labute approximate surface area is 123 Å². The molecule has 1 aromatic rings. The third-order valence-corrected chi connectivity index (χ3v) is 3.60. The van der Waals surface area contributed by atoms with Crippen molar-refractivity contribution < 1.29 is 10.0 Å². The van der Waals surface area contributed by atoms with E-state index in [0.29, 0.717) is 18.9 Å². The summed E-state index contributed by atoms with van der Waals surface area (Å²) in [6.45, 7) is 2.52. The number of nitro groups is 1. The standard InChI is InChI=1S/C13H21N5O3/c1-2-14-13-15-8-10(18(20)21)12(17-13)16-9-6-4-3-5-7-11(9)19/h8-9,11,19H,2-7H2,1H3,(H2,14,15,16,17). The van der Waals surface area contributed by atoms with Crippen LogP contribution in [0.15, 0.2) is 6.20 Å². The number of aliphatic hydroxyl groups excluding tert-OH is 1. The first-order chi connectivity index (χ1) is 10.1. The van der Waals surface area contributed by atoms with Crippen LogP contribution in [-0.4, -0.2) is 38.7 Å². The van der Waals surface area contributed by atoms with Crippen LogP contribution in [0.1, 0.15) is 39.0 Å². The van der Waals surface area contributed by atoms with Gasteiger partial charge in [0.05, 0.1) is 17.1 Å². The highest BCUT2D eigenvalue weighted by molar-refractivity contribution is 5.57. The summed E-state index contributed by atoms with van der Waals surface area (Å²) in [6.07, 6.45) is 5.21. The maximum absolute atomic E-state index is 11.1. The van der Waals surface area contributed by atoms with Gasteiger partial charge in [0.15, 0.2) is 0 Å². The number of aromatic nitrogens is 2. The normalized spacial score (nSPS) is 22.4. The zero-order valence-corrected chi connectivity index (χ0v) is 12.1. The summed E-state index contributed by atoms with van der Waals surface area (Å²) in [4.78, 5) is 18.6. The summed E-state index contributed by atoms with van der Waals surface area (Å²) < 4.78 is 0. The first kappa shape index (κ1) is 15.4. The molecule has 1 heterocycles. The van der Waals surface area contributed by atoms with Gasteiger partial charge in [0.25, 0.3) is 0 Å². The van der Waals surface area contributed by atoms with Gasteiger partial charge in [-0.25, -0.2) is 4.98 Å². The van der Waals surface area contributed by atoms with Crippen LogP contribution < -0.4 is 10.6 Å². The van der Waals surface area contributed by atoms with Gasteiger partial charge in [-0.2, -0.15) is 4.98 Å². The largest absolute Gasteiger partial charge is 0.391 e. The van der Waals surface area contributed by atoms with Crippen molar-refractivity contribution in [3.05, 3.63) is 16.3 Å². The Bertz CT molecular complexity index is 497. The van der Waals surface area contributed by atoms with E-state index in [1.54, 1.807) is 0 Å². The van der Waals surface area contributed by atoms with Crippen LogP contribution >= 0.6 is 0 Å². The van der Waals surface area contributed by atoms with E-state index in [4.69, 9.17) is 0 Å². The Hall–Kier alpha value is -1.96. The number of nitrogens with one attached hydrogen (secondary N) is 2. The molecule has 1 fully saturated rings. The molecule has 8 nitrogen and oxygen atoms in total. The predicted octanol–water partition coefficient (Wildman–Crippen LogP) is 1.92. The van der Waals surface area contributed by atoms with E-state index in [0.717, 1.165) is 25.7 Å². The second-order valence-electron chi connectivity index (χ2n) is 5.17. The number of hydrogen-bond acceptors (Lipinski definition) is 7. The van der Waals surface area contributed by atoms with Gasteiger partial charge < -0.3 is 15.7 Å². The monoisotopic (exact) mass is 295 g/mol. The predicted molar refractivity (Wildman–Crippen MR) is 79.4 cm³/mol. The van der Waals surface area contributed by atoms with Crippen molar-refractivity contribution in [3.63, 3.8) is 0 Å². The number of rotatable bonds is 5. The molecular weight excluding hydrogens is 274 g/mol. The third-order valence-electron chi connectivity index (χ3n) is 3.60. The molecule has 1 aliphatic rings. The lowest BCUT2D eigenvalue weighted by molar-refractivity contribution is -0.384. The maximum atomic E-state index is 11.1. The Morgan fingerprint density at radius 3 is 2.90 bits per heavy atom. The van der Waals surface area contributed by atoms with E-state index >= 15 is 0 Å². The van der Waals surface area contributed by atoms with Crippen molar-refractivity contribution in [1.82, 2.24) is 9.97 Å². The molecule has 2 atom stereocenters. The number of nitrogens with zero attached hydrogens (tertiary/aromatic N) is 3. The van der Waals surface area contributed by atoms with Crippen molar-refractivity contribution in [2.45, 2.75) is 51.2 Å². The average Bonchev–Trinajstić information content (AvgIpc) is 2.64. The van der Waals surface area contributed by atoms with Gasteiger partial charge in [0.1, 0.15) is 6.20 Å². The molecule has 116 valence electrons. The van der Waals surface area contributed by atoms with E-state index < -0.39 is 11.0 Å². The highest BCUT2D eigenvalue weighted by Crippen LogP contribution is 2.26. The lowest BCUT2D eigenvalue weighted by Gasteiger charge is -2.22. The smallest absolute Gasteiger partial charge is 0.329 e. The van der Waals surface area contributed by atoms with E-state index in [-0.39, 0.29) is 17.5 Å². The van der Waals surface area contributed by atoms with Crippen molar-refractivity contribution in [2.75, 3.05) is 17.2 Å². The molecule has 0 bridgehead atoms. The number of hydrogen-bond donors (Lipinski definition) is 3. The highest BCUT2D eigenvalue weighted by Gasteiger charge is 2.26. The quantitative estimate of drug-likeness (QED) is 0.432. The summed E-state index contributed by atoms with van der Waals surface area (Å²) in [5.41, 5.74) is -0.173. The zero-order chi connectivity index (χ0) is 15.2. The lowest BCUT2D eigenvalue weighted by atomic mass is 10.1. The van der Waals surface area contributed by atoms with Gasteiger partial charge in [-0.05, 0) is 19.8 Å². The minimum Gasteiger partial charge on any atom is -0.391 e. The topological polar surface area (TPSA) is 113 Å². The van der Waals surface area contributed by atoms with Crippen molar-refractivity contribution >= 4 is 17.5 Å². The zero-order valence-electron chi connectivity index (χ0n) is 12.1.